The first-order valence-electron chi connectivity index (χ1n) is 6.16. The van der Waals surface area contributed by atoms with Crippen LogP contribution in [0.2, 0.25) is 5.02 Å². The van der Waals surface area contributed by atoms with Gasteiger partial charge in [-0.1, -0.05) is 11.6 Å². The Kier molecular flexibility index (Phi) is 4.35. The Morgan fingerprint density at radius 3 is 2.75 bits per heavy atom. The minimum absolute atomic E-state index is 0.0843. The maximum Gasteiger partial charge on any atom is 0.170 e. The highest BCUT2D eigenvalue weighted by molar-refractivity contribution is 6.33. The molecule has 0 saturated heterocycles. The molecule has 0 fully saturated rings. The lowest BCUT2D eigenvalue weighted by molar-refractivity contribution is 0.0991. The van der Waals surface area contributed by atoms with Crippen molar-refractivity contribution in [2.24, 2.45) is 0 Å². The zero-order valence-corrected chi connectivity index (χ0v) is 12.4. The molecule has 0 amide bonds. The Balaban J connectivity index is 2.32. The van der Waals surface area contributed by atoms with E-state index in [1.807, 2.05) is 13.8 Å². The largest absolute Gasteiger partial charge is 0.496 e. The molecule has 0 aliphatic carbocycles. The lowest BCUT2D eigenvalue weighted by atomic mass is 10.0. The SMILES string of the molecule is COc1c(C)cnc(CC(=O)c2ccncc2Cl)c1C. The molecular weight excluding hydrogens is 276 g/mol. The Morgan fingerprint density at radius 2 is 2.10 bits per heavy atom. The highest BCUT2D eigenvalue weighted by Crippen LogP contribution is 2.25. The summed E-state index contributed by atoms with van der Waals surface area (Å²) < 4.78 is 5.34. The number of carbonyl (C=O) groups is 1. The summed E-state index contributed by atoms with van der Waals surface area (Å²) in [5, 5.41) is 0.356. The van der Waals surface area contributed by atoms with E-state index in [1.54, 1.807) is 25.6 Å². The van der Waals surface area contributed by atoms with Crippen LogP contribution in [0, 0.1) is 13.8 Å². The molecule has 2 aromatic heterocycles. The second-order valence-corrected chi connectivity index (χ2v) is 4.91. The van der Waals surface area contributed by atoms with Crippen molar-refractivity contribution in [3.8, 4) is 5.75 Å². The predicted molar refractivity (Wildman–Crippen MR) is 77.5 cm³/mol. The first-order chi connectivity index (χ1) is 9.54. The van der Waals surface area contributed by atoms with E-state index in [1.165, 1.54) is 6.20 Å². The van der Waals surface area contributed by atoms with Gasteiger partial charge in [0.2, 0.25) is 0 Å². The van der Waals surface area contributed by atoms with E-state index in [-0.39, 0.29) is 12.2 Å². The van der Waals surface area contributed by atoms with Crippen LogP contribution >= 0.6 is 11.6 Å². The maximum absolute atomic E-state index is 12.3. The molecule has 20 heavy (non-hydrogen) atoms. The Morgan fingerprint density at radius 1 is 1.35 bits per heavy atom. The molecule has 0 unspecified atom stereocenters. The molecule has 2 heterocycles. The Bertz CT molecular complexity index is 656. The fraction of sp³-hybridized carbons (Fsp3) is 0.267. The summed E-state index contributed by atoms with van der Waals surface area (Å²) in [6.07, 6.45) is 4.91. The van der Waals surface area contributed by atoms with Gasteiger partial charge < -0.3 is 4.74 Å². The van der Waals surface area contributed by atoms with Crippen molar-refractivity contribution in [2.75, 3.05) is 7.11 Å². The predicted octanol–water partition coefficient (Wildman–Crippen LogP) is 3.18. The van der Waals surface area contributed by atoms with Crippen molar-refractivity contribution in [2.45, 2.75) is 20.3 Å². The number of hydrogen-bond donors (Lipinski definition) is 0. The lowest BCUT2D eigenvalue weighted by Crippen LogP contribution is -2.09. The number of Topliss-reactive ketones (excluding diaryl/α,β-unsaturated/α-hetero) is 1. The number of nitrogens with zero attached hydrogens (tertiary/aromatic N) is 2. The monoisotopic (exact) mass is 290 g/mol. The fourth-order valence-corrected chi connectivity index (χ4v) is 2.32. The third-order valence-corrected chi connectivity index (χ3v) is 3.45. The van der Waals surface area contributed by atoms with Crippen LogP contribution in [0.5, 0.6) is 5.75 Å². The topological polar surface area (TPSA) is 52.1 Å². The Hall–Kier alpha value is -1.94. The summed E-state index contributed by atoms with van der Waals surface area (Å²) in [6.45, 7) is 3.82. The van der Waals surface area contributed by atoms with Gasteiger partial charge in [-0.3, -0.25) is 14.8 Å². The molecule has 104 valence electrons. The molecule has 4 nitrogen and oxygen atoms in total. The zero-order chi connectivity index (χ0) is 14.7. The van der Waals surface area contributed by atoms with Crippen molar-refractivity contribution in [1.82, 2.24) is 9.97 Å². The second kappa shape index (κ2) is 6.01. The lowest BCUT2D eigenvalue weighted by Gasteiger charge is -2.12. The number of ether oxygens (including phenoxy) is 1. The smallest absolute Gasteiger partial charge is 0.170 e. The van der Waals surface area contributed by atoms with Crippen LogP contribution in [0.3, 0.4) is 0 Å². The van der Waals surface area contributed by atoms with E-state index in [9.17, 15) is 4.79 Å². The summed E-state index contributed by atoms with van der Waals surface area (Å²) in [5.41, 5.74) is 2.99. The van der Waals surface area contributed by atoms with E-state index in [2.05, 4.69) is 9.97 Å². The standard InChI is InChI=1S/C15H15ClN2O2/c1-9-7-18-13(10(2)15(9)20-3)6-14(19)11-4-5-17-8-12(11)16/h4-5,7-8H,6H2,1-3H3. The van der Waals surface area contributed by atoms with Crippen molar-refractivity contribution in [3.05, 3.63) is 52.1 Å². The molecule has 0 atom stereocenters. The molecule has 2 rings (SSSR count). The van der Waals surface area contributed by atoms with Crippen LogP contribution in [0.1, 0.15) is 27.2 Å². The quantitative estimate of drug-likeness (QED) is 0.812. The number of halogens is 1. The van der Waals surface area contributed by atoms with E-state index in [0.29, 0.717) is 16.3 Å². The van der Waals surface area contributed by atoms with Crippen molar-refractivity contribution in [1.29, 1.82) is 0 Å². The van der Waals surface area contributed by atoms with Gasteiger partial charge in [-0.15, -0.1) is 0 Å². The van der Waals surface area contributed by atoms with Gasteiger partial charge in [-0.25, -0.2) is 0 Å². The van der Waals surface area contributed by atoms with Gasteiger partial charge in [-0.05, 0) is 19.9 Å². The van der Waals surface area contributed by atoms with Gasteiger partial charge in [0.1, 0.15) is 5.75 Å². The molecule has 0 radical (unpaired) electrons. The van der Waals surface area contributed by atoms with Gasteiger partial charge >= 0.3 is 0 Å². The molecule has 5 heteroatoms. The molecule has 0 saturated carbocycles. The average molecular weight is 291 g/mol. The third kappa shape index (κ3) is 2.80. The van der Waals surface area contributed by atoms with E-state index in [0.717, 1.165) is 16.9 Å². The minimum atomic E-state index is -0.0843. The number of rotatable bonds is 4. The first-order valence-corrected chi connectivity index (χ1v) is 6.54. The van der Waals surface area contributed by atoms with Crippen molar-refractivity contribution >= 4 is 17.4 Å². The number of hydrogen-bond acceptors (Lipinski definition) is 4. The van der Waals surface area contributed by atoms with E-state index in [4.69, 9.17) is 16.3 Å². The summed E-state index contributed by atoms with van der Waals surface area (Å²) in [5.74, 6) is 0.683. The first kappa shape index (κ1) is 14.5. The third-order valence-electron chi connectivity index (χ3n) is 3.15. The number of aromatic nitrogens is 2. The highest BCUT2D eigenvalue weighted by Gasteiger charge is 2.16. The number of carbonyl (C=O) groups excluding carboxylic acids is 1. The summed E-state index contributed by atoms with van der Waals surface area (Å²) in [7, 11) is 1.61. The van der Waals surface area contributed by atoms with Gasteiger partial charge in [0.05, 0.1) is 24.2 Å². The van der Waals surface area contributed by atoms with Gasteiger partial charge in [-0.2, -0.15) is 0 Å². The molecule has 0 aromatic carbocycles. The van der Waals surface area contributed by atoms with Gasteiger partial charge in [0.25, 0.3) is 0 Å². The summed E-state index contributed by atoms with van der Waals surface area (Å²) >= 11 is 5.98. The average Bonchev–Trinajstić information content (AvgIpc) is 2.43. The number of methoxy groups -OCH3 is 1. The zero-order valence-electron chi connectivity index (χ0n) is 11.6. The van der Waals surface area contributed by atoms with Crippen LogP contribution in [0.25, 0.3) is 0 Å². The second-order valence-electron chi connectivity index (χ2n) is 4.50. The molecule has 0 bridgehead atoms. The van der Waals surface area contributed by atoms with Crippen LogP contribution in [0.15, 0.2) is 24.7 Å². The summed E-state index contributed by atoms with van der Waals surface area (Å²) in [4.78, 5) is 20.5. The van der Waals surface area contributed by atoms with Gasteiger partial charge in [0.15, 0.2) is 5.78 Å². The summed E-state index contributed by atoms with van der Waals surface area (Å²) in [6, 6.07) is 1.62. The minimum Gasteiger partial charge on any atom is -0.496 e. The molecular formula is C15H15ClN2O2. The molecule has 0 aliphatic heterocycles. The van der Waals surface area contributed by atoms with Crippen LogP contribution in [-0.4, -0.2) is 22.9 Å². The molecule has 0 spiro atoms. The van der Waals surface area contributed by atoms with Gasteiger partial charge in [0, 0.05) is 35.3 Å². The number of aryl methyl sites for hydroxylation is 1. The van der Waals surface area contributed by atoms with Crippen molar-refractivity contribution < 1.29 is 9.53 Å². The Labute approximate surface area is 122 Å². The van der Waals surface area contributed by atoms with Crippen LogP contribution in [-0.2, 0) is 6.42 Å². The van der Waals surface area contributed by atoms with Crippen molar-refractivity contribution in [3.63, 3.8) is 0 Å². The normalized spacial score (nSPS) is 10.4. The maximum atomic E-state index is 12.3. The molecule has 0 aliphatic rings. The van der Waals surface area contributed by atoms with Crippen LogP contribution < -0.4 is 4.74 Å². The van der Waals surface area contributed by atoms with E-state index < -0.39 is 0 Å². The van der Waals surface area contributed by atoms with Crippen LogP contribution in [0.4, 0.5) is 0 Å². The molecule has 2 aromatic rings. The molecule has 0 N–H and O–H groups in total. The fourth-order valence-electron chi connectivity index (χ4n) is 2.10. The number of ketones is 1. The highest BCUT2D eigenvalue weighted by atomic mass is 35.5. The van der Waals surface area contributed by atoms with E-state index >= 15 is 0 Å². The number of pyridine rings is 2.